The Morgan fingerprint density at radius 1 is 1.37 bits per heavy atom. The number of hydrogen-bond acceptors (Lipinski definition) is 3. The van der Waals surface area contributed by atoms with Gasteiger partial charge in [0.1, 0.15) is 5.69 Å². The standard InChI is InChI=1S/C15H23N3O/c1-3-16-12-7-10-17-13(11-12)14(19)18-15(2)8-5-4-6-9-15/h7,10-11H,3-6,8-9H2,1-2H3,(H,16,17)(H,18,19). The Morgan fingerprint density at radius 2 is 2.11 bits per heavy atom. The van der Waals surface area contributed by atoms with E-state index in [0.29, 0.717) is 5.69 Å². The van der Waals surface area contributed by atoms with E-state index < -0.39 is 0 Å². The molecule has 0 aromatic carbocycles. The van der Waals surface area contributed by atoms with Gasteiger partial charge in [-0.2, -0.15) is 0 Å². The zero-order valence-corrected chi connectivity index (χ0v) is 11.8. The molecule has 104 valence electrons. The van der Waals surface area contributed by atoms with Crippen LogP contribution in [0, 0.1) is 0 Å². The van der Waals surface area contributed by atoms with Crippen molar-refractivity contribution in [2.75, 3.05) is 11.9 Å². The predicted molar refractivity (Wildman–Crippen MR) is 77.4 cm³/mol. The Bertz CT molecular complexity index is 439. The lowest BCUT2D eigenvalue weighted by atomic mass is 9.83. The molecule has 0 saturated heterocycles. The third-order valence-corrected chi connectivity index (χ3v) is 3.75. The molecule has 4 heteroatoms. The minimum absolute atomic E-state index is 0.0643. The lowest BCUT2D eigenvalue weighted by molar-refractivity contribution is 0.0877. The van der Waals surface area contributed by atoms with Crippen LogP contribution in [0.5, 0.6) is 0 Å². The number of rotatable bonds is 4. The van der Waals surface area contributed by atoms with Crippen molar-refractivity contribution >= 4 is 11.6 Å². The number of anilines is 1. The van der Waals surface area contributed by atoms with E-state index >= 15 is 0 Å². The van der Waals surface area contributed by atoms with Gasteiger partial charge in [-0.3, -0.25) is 9.78 Å². The Morgan fingerprint density at radius 3 is 2.79 bits per heavy atom. The van der Waals surface area contributed by atoms with Gasteiger partial charge < -0.3 is 10.6 Å². The molecule has 1 aromatic heterocycles. The SMILES string of the molecule is CCNc1ccnc(C(=O)NC2(C)CCCCC2)c1. The van der Waals surface area contributed by atoms with Gasteiger partial charge in [-0.25, -0.2) is 0 Å². The molecule has 4 nitrogen and oxygen atoms in total. The highest BCUT2D eigenvalue weighted by Crippen LogP contribution is 2.27. The second-order valence-electron chi connectivity index (χ2n) is 5.54. The second-order valence-corrected chi connectivity index (χ2v) is 5.54. The highest BCUT2D eigenvalue weighted by atomic mass is 16.2. The summed E-state index contributed by atoms with van der Waals surface area (Å²) in [6, 6.07) is 3.69. The molecule has 1 amide bonds. The highest BCUT2D eigenvalue weighted by Gasteiger charge is 2.28. The van der Waals surface area contributed by atoms with Crippen molar-refractivity contribution in [3.63, 3.8) is 0 Å². The molecule has 0 spiro atoms. The van der Waals surface area contributed by atoms with Gasteiger partial charge >= 0.3 is 0 Å². The van der Waals surface area contributed by atoms with Gasteiger partial charge in [-0.1, -0.05) is 19.3 Å². The van der Waals surface area contributed by atoms with Gasteiger partial charge in [0.15, 0.2) is 0 Å². The zero-order chi connectivity index (χ0) is 13.7. The van der Waals surface area contributed by atoms with Gasteiger partial charge in [-0.15, -0.1) is 0 Å². The summed E-state index contributed by atoms with van der Waals surface area (Å²) in [6.45, 7) is 5.00. The predicted octanol–water partition coefficient (Wildman–Crippen LogP) is 2.97. The van der Waals surface area contributed by atoms with Crippen LogP contribution in [0.1, 0.15) is 56.4 Å². The first-order valence-electron chi connectivity index (χ1n) is 7.15. The number of pyridine rings is 1. The Kier molecular flexibility index (Phi) is 4.40. The highest BCUT2D eigenvalue weighted by molar-refractivity contribution is 5.93. The molecule has 1 aliphatic rings. The molecule has 19 heavy (non-hydrogen) atoms. The number of aromatic nitrogens is 1. The molecule has 0 bridgehead atoms. The van der Waals surface area contributed by atoms with E-state index in [1.54, 1.807) is 6.20 Å². The summed E-state index contributed by atoms with van der Waals surface area (Å²) in [6.07, 6.45) is 7.47. The van der Waals surface area contributed by atoms with Crippen molar-refractivity contribution < 1.29 is 4.79 Å². The Labute approximate surface area is 115 Å². The fourth-order valence-electron chi connectivity index (χ4n) is 2.66. The second kappa shape index (κ2) is 6.04. The maximum atomic E-state index is 12.3. The van der Waals surface area contributed by atoms with Crippen LogP contribution in [0.3, 0.4) is 0 Å². The van der Waals surface area contributed by atoms with Gasteiger partial charge in [0.2, 0.25) is 0 Å². The molecule has 0 radical (unpaired) electrons. The van der Waals surface area contributed by atoms with Crippen LogP contribution in [0.15, 0.2) is 18.3 Å². The van der Waals surface area contributed by atoms with Crippen molar-refractivity contribution in [1.82, 2.24) is 10.3 Å². The minimum atomic E-state index is -0.0656. The molecule has 1 fully saturated rings. The smallest absolute Gasteiger partial charge is 0.270 e. The topological polar surface area (TPSA) is 54.0 Å². The maximum absolute atomic E-state index is 12.3. The summed E-state index contributed by atoms with van der Waals surface area (Å²) in [7, 11) is 0. The first-order chi connectivity index (χ1) is 9.13. The molecule has 0 unspecified atom stereocenters. The average Bonchev–Trinajstić information content (AvgIpc) is 2.40. The quantitative estimate of drug-likeness (QED) is 0.876. The number of hydrogen-bond donors (Lipinski definition) is 2. The van der Waals surface area contributed by atoms with Crippen LogP contribution in [-0.2, 0) is 0 Å². The van der Waals surface area contributed by atoms with Crippen LogP contribution in [0.2, 0.25) is 0 Å². The van der Waals surface area contributed by atoms with E-state index in [-0.39, 0.29) is 11.4 Å². The van der Waals surface area contributed by atoms with Crippen molar-refractivity contribution in [2.45, 2.75) is 51.5 Å². The molecule has 2 rings (SSSR count). The molecule has 1 heterocycles. The Hall–Kier alpha value is -1.58. The lowest BCUT2D eigenvalue weighted by Crippen LogP contribution is -2.47. The third-order valence-electron chi connectivity index (χ3n) is 3.75. The number of amides is 1. The number of nitrogens with zero attached hydrogens (tertiary/aromatic N) is 1. The first kappa shape index (κ1) is 13.8. The summed E-state index contributed by atoms with van der Waals surface area (Å²) < 4.78 is 0. The molecule has 0 aliphatic heterocycles. The average molecular weight is 261 g/mol. The molecule has 1 saturated carbocycles. The van der Waals surface area contributed by atoms with Crippen LogP contribution in [-0.4, -0.2) is 23.0 Å². The maximum Gasteiger partial charge on any atom is 0.270 e. The first-order valence-corrected chi connectivity index (χ1v) is 7.15. The fraction of sp³-hybridized carbons (Fsp3) is 0.600. The van der Waals surface area contributed by atoms with Crippen molar-refractivity contribution in [2.24, 2.45) is 0 Å². The monoisotopic (exact) mass is 261 g/mol. The van der Waals surface area contributed by atoms with E-state index in [9.17, 15) is 4.79 Å². The van der Waals surface area contributed by atoms with Crippen LogP contribution >= 0.6 is 0 Å². The third kappa shape index (κ3) is 3.69. The summed E-state index contributed by atoms with van der Waals surface area (Å²) >= 11 is 0. The Balaban J connectivity index is 2.04. The molecular formula is C15H23N3O. The summed E-state index contributed by atoms with van der Waals surface area (Å²) in [4.78, 5) is 16.4. The minimum Gasteiger partial charge on any atom is -0.385 e. The molecule has 2 N–H and O–H groups in total. The van der Waals surface area contributed by atoms with Crippen molar-refractivity contribution in [3.05, 3.63) is 24.0 Å². The fourth-order valence-corrected chi connectivity index (χ4v) is 2.66. The molecule has 1 aromatic rings. The van der Waals surface area contributed by atoms with Crippen LogP contribution in [0.4, 0.5) is 5.69 Å². The number of nitrogens with one attached hydrogen (secondary N) is 2. The van der Waals surface area contributed by atoms with Gasteiger partial charge in [0.25, 0.3) is 5.91 Å². The van der Waals surface area contributed by atoms with Crippen molar-refractivity contribution in [1.29, 1.82) is 0 Å². The number of carbonyl (C=O) groups is 1. The van der Waals surface area contributed by atoms with E-state index in [2.05, 4.69) is 22.5 Å². The van der Waals surface area contributed by atoms with E-state index in [1.807, 2.05) is 19.1 Å². The largest absolute Gasteiger partial charge is 0.385 e. The van der Waals surface area contributed by atoms with E-state index in [0.717, 1.165) is 25.1 Å². The van der Waals surface area contributed by atoms with Gasteiger partial charge in [-0.05, 0) is 38.8 Å². The van der Waals surface area contributed by atoms with Crippen molar-refractivity contribution in [3.8, 4) is 0 Å². The lowest BCUT2D eigenvalue weighted by Gasteiger charge is -2.34. The van der Waals surface area contributed by atoms with Crippen LogP contribution < -0.4 is 10.6 Å². The normalized spacial score (nSPS) is 17.8. The number of carbonyl (C=O) groups excluding carboxylic acids is 1. The van der Waals surface area contributed by atoms with E-state index in [4.69, 9.17) is 0 Å². The van der Waals surface area contributed by atoms with Gasteiger partial charge in [0.05, 0.1) is 0 Å². The summed E-state index contributed by atoms with van der Waals surface area (Å²) in [5, 5.41) is 6.35. The zero-order valence-electron chi connectivity index (χ0n) is 11.8. The summed E-state index contributed by atoms with van der Waals surface area (Å²) in [5.74, 6) is -0.0656. The summed E-state index contributed by atoms with van der Waals surface area (Å²) in [5.41, 5.74) is 1.37. The molecule has 0 atom stereocenters. The molecular weight excluding hydrogens is 238 g/mol. The van der Waals surface area contributed by atoms with Crippen LogP contribution in [0.25, 0.3) is 0 Å². The van der Waals surface area contributed by atoms with Gasteiger partial charge in [0, 0.05) is 24.0 Å². The molecule has 1 aliphatic carbocycles. The van der Waals surface area contributed by atoms with E-state index in [1.165, 1.54) is 19.3 Å².